The molecule has 6 nitrogen and oxygen atoms in total. The second-order valence-electron chi connectivity index (χ2n) is 6.82. The number of amides is 1. The Hall–Kier alpha value is -2.84. The number of halogens is 3. The molecule has 0 radical (unpaired) electrons. The largest absolute Gasteiger partial charge is 0.433 e. The third kappa shape index (κ3) is 5.58. The summed E-state index contributed by atoms with van der Waals surface area (Å²) in [6.07, 6.45) is 0.450. The molecule has 1 aliphatic rings. The number of nitrogens with zero attached hydrogens (tertiary/aromatic N) is 2. The van der Waals surface area contributed by atoms with Gasteiger partial charge in [0.1, 0.15) is 5.82 Å². The molecule has 28 heavy (non-hydrogen) atoms. The zero-order valence-electron chi connectivity index (χ0n) is 15.4. The number of alkyl halides is 3. The van der Waals surface area contributed by atoms with Crippen molar-refractivity contribution in [3.63, 3.8) is 0 Å². The molecule has 9 heteroatoms. The summed E-state index contributed by atoms with van der Waals surface area (Å²) < 4.78 is 39.8. The third-order valence-electron chi connectivity index (χ3n) is 4.43. The topological polar surface area (TPSA) is 78.9 Å². The molecule has 1 saturated carbocycles. The molecular weight excluding hydrogens is 371 g/mol. The molecule has 2 aromatic rings. The maximum atomic E-state index is 13.3. The number of aromatic nitrogens is 2. The van der Waals surface area contributed by atoms with Crippen LogP contribution in [0.2, 0.25) is 0 Å². The molecule has 0 spiro atoms. The predicted octanol–water partition coefficient (Wildman–Crippen LogP) is 4.94. The van der Waals surface area contributed by atoms with Gasteiger partial charge >= 0.3 is 6.18 Å². The van der Waals surface area contributed by atoms with Crippen molar-refractivity contribution in [3.05, 3.63) is 36.0 Å². The molecule has 1 aromatic heterocycles. The molecular formula is C19H22F3N5O. The highest BCUT2D eigenvalue weighted by atomic mass is 19.4. The Labute approximate surface area is 161 Å². The van der Waals surface area contributed by atoms with Gasteiger partial charge in [-0.1, -0.05) is 19.3 Å². The first-order chi connectivity index (χ1) is 13.3. The maximum Gasteiger partial charge on any atom is 0.433 e. The number of rotatable bonds is 5. The summed E-state index contributed by atoms with van der Waals surface area (Å²) in [6, 6.07) is 7.56. The van der Waals surface area contributed by atoms with Gasteiger partial charge in [0.05, 0.1) is 0 Å². The Morgan fingerprint density at radius 2 is 1.68 bits per heavy atom. The van der Waals surface area contributed by atoms with E-state index >= 15 is 0 Å². The Morgan fingerprint density at radius 1 is 1.04 bits per heavy atom. The highest BCUT2D eigenvalue weighted by molar-refractivity contribution is 5.88. The summed E-state index contributed by atoms with van der Waals surface area (Å²) in [5.41, 5.74) is 0.138. The minimum atomic E-state index is -4.57. The fourth-order valence-electron chi connectivity index (χ4n) is 3.14. The lowest BCUT2D eigenvalue weighted by atomic mass is 9.96. The molecule has 0 atom stereocenters. The Balaban J connectivity index is 1.80. The lowest BCUT2D eigenvalue weighted by molar-refractivity contribution is -0.141. The molecule has 1 aromatic carbocycles. The van der Waals surface area contributed by atoms with Crippen LogP contribution in [0.25, 0.3) is 0 Å². The van der Waals surface area contributed by atoms with Gasteiger partial charge in [0.25, 0.3) is 0 Å². The lowest BCUT2D eigenvalue weighted by Crippen LogP contribution is -2.24. The van der Waals surface area contributed by atoms with Crippen molar-refractivity contribution in [1.82, 2.24) is 9.97 Å². The number of carbonyl (C=O) groups is 1. The lowest BCUT2D eigenvalue weighted by Gasteiger charge is -2.23. The van der Waals surface area contributed by atoms with Crippen molar-refractivity contribution in [2.45, 2.75) is 51.2 Å². The van der Waals surface area contributed by atoms with E-state index in [2.05, 4.69) is 25.9 Å². The number of anilines is 4. The average molecular weight is 393 g/mol. The molecule has 1 fully saturated rings. The first-order valence-corrected chi connectivity index (χ1v) is 9.17. The van der Waals surface area contributed by atoms with Crippen LogP contribution in [0.15, 0.2) is 30.3 Å². The van der Waals surface area contributed by atoms with Gasteiger partial charge in [0.15, 0.2) is 5.69 Å². The van der Waals surface area contributed by atoms with Crippen LogP contribution in [0.5, 0.6) is 0 Å². The summed E-state index contributed by atoms with van der Waals surface area (Å²) in [7, 11) is 0. The van der Waals surface area contributed by atoms with E-state index in [1.807, 2.05) is 0 Å². The van der Waals surface area contributed by atoms with Crippen LogP contribution in [0.1, 0.15) is 44.7 Å². The second kappa shape index (κ2) is 8.45. The van der Waals surface area contributed by atoms with Gasteiger partial charge in [0, 0.05) is 30.4 Å². The van der Waals surface area contributed by atoms with Crippen LogP contribution in [-0.4, -0.2) is 21.9 Å². The first-order valence-electron chi connectivity index (χ1n) is 9.17. The van der Waals surface area contributed by atoms with Crippen LogP contribution >= 0.6 is 0 Å². The normalized spacial score (nSPS) is 15.1. The van der Waals surface area contributed by atoms with Gasteiger partial charge in [-0.05, 0) is 37.1 Å². The number of benzene rings is 1. The summed E-state index contributed by atoms with van der Waals surface area (Å²) >= 11 is 0. The zero-order chi connectivity index (χ0) is 20.1. The van der Waals surface area contributed by atoms with E-state index in [9.17, 15) is 18.0 Å². The van der Waals surface area contributed by atoms with Crippen molar-refractivity contribution >= 4 is 29.0 Å². The third-order valence-corrected chi connectivity index (χ3v) is 4.43. The maximum absolute atomic E-state index is 13.3. The molecule has 0 aliphatic heterocycles. The number of hydrogen-bond donors (Lipinski definition) is 3. The van der Waals surface area contributed by atoms with Crippen LogP contribution in [-0.2, 0) is 11.0 Å². The van der Waals surface area contributed by atoms with Gasteiger partial charge in [-0.25, -0.2) is 4.98 Å². The van der Waals surface area contributed by atoms with E-state index < -0.39 is 11.9 Å². The standard InChI is InChI=1S/C19H22F3N5O/c1-12(28)23-14-7-9-15(10-8-14)24-17-11-16(19(20,21)22)26-18(27-17)25-13-5-3-2-4-6-13/h7-11,13H,2-6H2,1H3,(H,23,28)(H2,24,25,26,27). The minimum absolute atomic E-state index is 0.0286. The highest BCUT2D eigenvalue weighted by Crippen LogP contribution is 2.31. The van der Waals surface area contributed by atoms with Gasteiger partial charge < -0.3 is 16.0 Å². The van der Waals surface area contributed by atoms with E-state index in [1.54, 1.807) is 24.3 Å². The van der Waals surface area contributed by atoms with Gasteiger partial charge in [-0.3, -0.25) is 4.79 Å². The number of hydrogen-bond acceptors (Lipinski definition) is 5. The first kappa shape index (κ1) is 19.9. The monoisotopic (exact) mass is 393 g/mol. The van der Waals surface area contributed by atoms with Crippen LogP contribution in [0.4, 0.5) is 36.3 Å². The van der Waals surface area contributed by atoms with E-state index in [1.165, 1.54) is 6.92 Å². The molecule has 150 valence electrons. The van der Waals surface area contributed by atoms with Gasteiger partial charge in [-0.15, -0.1) is 0 Å². The zero-order valence-corrected chi connectivity index (χ0v) is 15.4. The summed E-state index contributed by atoms with van der Waals surface area (Å²) in [5.74, 6) is -0.184. The molecule has 3 rings (SSSR count). The van der Waals surface area contributed by atoms with Crippen molar-refractivity contribution in [2.75, 3.05) is 16.0 Å². The van der Waals surface area contributed by atoms with Crippen molar-refractivity contribution in [1.29, 1.82) is 0 Å². The molecule has 0 bridgehead atoms. The molecule has 0 saturated heterocycles. The van der Waals surface area contributed by atoms with Crippen molar-refractivity contribution in [3.8, 4) is 0 Å². The minimum Gasteiger partial charge on any atom is -0.351 e. The second-order valence-corrected chi connectivity index (χ2v) is 6.82. The van der Waals surface area contributed by atoms with E-state index in [0.717, 1.165) is 38.2 Å². The van der Waals surface area contributed by atoms with E-state index in [0.29, 0.717) is 11.4 Å². The Kier molecular flexibility index (Phi) is 6.01. The summed E-state index contributed by atoms with van der Waals surface area (Å²) in [4.78, 5) is 18.9. The summed E-state index contributed by atoms with van der Waals surface area (Å²) in [6.45, 7) is 1.40. The smallest absolute Gasteiger partial charge is 0.351 e. The van der Waals surface area contributed by atoms with Gasteiger partial charge in [-0.2, -0.15) is 18.2 Å². The Morgan fingerprint density at radius 3 is 2.29 bits per heavy atom. The fraction of sp³-hybridized carbons (Fsp3) is 0.421. The number of nitrogens with one attached hydrogen (secondary N) is 3. The quantitative estimate of drug-likeness (QED) is 0.670. The molecule has 1 amide bonds. The average Bonchev–Trinajstić information content (AvgIpc) is 2.63. The van der Waals surface area contributed by atoms with Crippen LogP contribution in [0.3, 0.4) is 0 Å². The van der Waals surface area contributed by atoms with Gasteiger partial charge in [0.2, 0.25) is 11.9 Å². The predicted molar refractivity (Wildman–Crippen MR) is 102 cm³/mol. The summed E-state index contributed by atoms with van der Waals surface area (Å²) in [5, 5.41) is 8.54. The van der Waals surface area contributed by atoms with Crippen molar-refractivity contribution in [2.24, 2.45) is 0 Å². The molecule has 3 N–H and O–H groups in total. The van der Waals surface area contributed by atoms with E-state index in [4.69, 9.17) is 0 Å². The molecule has 1 heterocycles. The highest BCUT2D eigenvalue weighted by Gasteiger charge is 2.34. The van der Waals surface area contributed by atoms with Crippen LogP contribution < -0.4 is 16.0 Å². The SMILES string of the molecule is CC(=O)Nc1ccc(Nc2cc(C(F)(F)F)nc(NC3CCCCC3)n2)cc1. The van der Waals surface area contributed by atoms with Crippen molar-refractivity contribution < 1.29 is 18.0 Å². The van der Waals surface area contributed by atoms with Crippen LogP contribution in [0, 0.1) is 0 Å². The molecule has 0 unspecified atom stereocenters. The fourth-order valence-corrected chi connectivity index (χ4v) is 3.14. The molecule has 1 aliphatic carbocycles. The van der Waals surface area contributed by atoms with E-state index in [-0.39, 0.29) is 23.7 Å². The number of carbonyl (C=O) groups excluding carboxylic acids is 1. The Bertz CT molecular complexity index is 817.